The van der Waals surface area contributed by atoms with Gasteiger partial charge in [-0.3, -0.25) is 0 Å². The van der Waals surface area contributed by atoms with Gasteiger partial charge in [-0.15, -0.1) is 0 Å². The minimum Gasteiger partial charge on any atom is -0.337 e. The van der Waals surface area contributed by atoms with Gasteiger partial charge >= 0.3 is 0 Å². The molecule has 0 bridgehead atoms. The van der Waals surface area contributed by atoms with E-state index in [0.717, 1.165) is 12.0 Å². The molecular weight excluding hydrogens is 338 g/mol. The van der Waals surface area contributed by atoms with Gasteiger partial charge in [-0.2, -0.15) is 9.71 Å². The lowest BCUT2D eigenvalue weighted by atomic mass is 10.1. The van der Waals surface area contributed by atoms with E-state index in [1.807, 2.05) is 24.3 Å². The van der Waals surface area contributed by atoms with Crippen LogP contribution in [0.1, 0.15) is 31.3 Å². The van der Waals surface area contributed by atoms with E-state index in [2.05, 4.69) is 21.8 Å². The highest BCUT2D eigenvalue weighted by Crippen LogP contribution is 2.21. The van der Waals surface area contributed by atoms with Gasteiger partial charge in [0.25, 0.3) is 0 Å². The molecule has 2 aromatic carbocycles. The molecule has 0 aliphatic carbocycles. The summed E-state index contributed by atoms with van der Waals surface area (Å²) in [6.07, 6.45) is 0.954. The summed E-state index contributed by atoms with van der Waals surface area (Å²) in [5.74, 6) is 0.650. The summed E-state index contributed by atoms with van der Waals surface area (Å²) in [6, 6.07) is 15.4. The van der Waals surface area contributed by atoms with E-state index in [1.54, 1.807) is 25.1 Å². The Labute approximate surface area is 147 Å². The third-order valence-electron chi connectivity index (χ3n) is 3.82. The second-order valence-electron chi connectivity index (χ2n) is 5.66. The van der Waals surface area contributed by atoms with E-state index in [1.165, 1.54) is 17.7 Å². The number of rotatable bonds is 6. The molecule has 0 aliphatic heterocycles. The molecular formula is C18H19N3O3S. The Bertz CT molecular complexity index is 935. The normalized spacial score (nSPS) is 12.9. The first-order valence-electron chi connectivity index (χ1n) is 8.00. The van der Waals surface area contributed by atoms with Crippen LogP contribution in [0.25, 0.3) is 11.4 Å². The molecule has 7 heteroatoms. The van der Waals surface area contributed by atoms with Gasteiger partial charge < -0.3 is 4.52 Å². The van der Waals surface area contributed by atoms with Crippen LogP contribution >= 0.6 is 0 Å². The predicted octanol–water partition coefficient (Wildman–Crippen LogP) is 3.34. The van der Waals surface area contributed by atoms with E-state index < -0.39 is 16.1 Å². The van der Waals surface area contributed by atoms with Crippen molar-refractivity contribution < 1.29 is 12.9 Å². The molecule has 1 N–H and O–H groups in total. The summed E-state index contributed by atoms with van der Waals surface area (Å²) in [7, 11) is -3.65. The number of nitrogens with one attached hydrogen (secondary N) is 1. The monoisotopic (exact) mass is 357 g/mol. The zero-order valence-corrected chi connectivity index (χ0v) is 14.8. The maximum absolute atomic E-state index is 12.4. The topological polar surface area (TPSA) is 85.1 Å². The van der Waals surface area contributed by atoms with E-state index in [9.17, 15) is 8.42 Å². The Morgan fingerprint density at radius 1 is 1.08 bits per heavy atom. The summed E-state index contributed by atoms with van der Waals surface area (Å²) in [4.78, 5) is 4.50. The van der Waals surface area contributed by atoms with Crippen molar-refractivity contribution >= 4 is 10.0 Å². The molecule has 1 aromatic heterocycles. The van der Waals surface area contributed by atoms with Crippen molar-refractivity contribution in [2.75, 3.05) is 0 Å². The molecule has 0 aliphatic rings. The second-order valence-corrected chi connectivity index (χ2v) is 7.38. The molecule has 0 saturated carbocycles. The summed E-state index contributed by atoms with van der Waals surface area (Å²) in [5, 5.41) is 3.94. The molecule has 1 unspecified atom stereocenters. The predicted molar refractivity (Wildman–Crippen MR) is 94.3 cm³/mol. The van der Waals surface area contributed by atoms with Crippen LogP contribution in [-0.2, 0) is 16.4 Å². The number of nitrogens with zero attached hydrogens (tertiary/aromatic N) is 2. The average Bonchev–Trinajstić information content (AvgIpc) is 3.12. The second kappa shape index (κ2) is 7.16. The minimum absolute atomic E-state index is 0.191. The molecule has 25 heavy (non-hydrogen) atoms. The third kappa shape index (κ3) is 3.94. The quantitative estimate of drug-likeness (QED) is 0.731. The number of hydrogen-bond acceptors (Lipinski definition) is 5. The van der Waals surface area contributed by atoms with E-state index in [0.29, 0.717) is 5.82 Å². The smallest absolute Gasteiger partial charge is 0.244 e. The molecule has 6 nitrogen and oxygen atoms in total. The average molecular weight is 357 g/mol. The fourth-order valence-corrected chi connectivity index (χ4v) is 3.59. The fraction of sp³-hybridized carbons (Fsp3) is 0.222. The van der Waals surface area contributed by atoms with Crippen LogP contribution in [0.5, 0.6) is 0 Å². The summed E-state index contributed by atoms with van der Waals surface area (Å²) in [6.45, 7) is 3.75. The maximum atomic E-state index is 12.4. The Balaban J connectivity index is 1.77. The number of sulfonamides is 1. The summed E-state index contributed by atoms with van der Waals surface area (Å²) in [5.41, 5.74) is 2.04. The number of aromatic nitrogens is 2. The highest BCUT2D eigenvalue weighted by atomic mass is 32.2. The molecule has 0 saturated heterocycles. The standard InChI is InChI=1S/C18H19N3O3S/c1-3-14-9-11-15(12-10-14)17-19-18(24-20-17)13(2)21-25(22,23)16-7-5-4-6-8-16/h4-13,21H,3H2,1-2H3. The molecule has 3 rings (SSSR count). The Morgan fingerprint density at radius 3 is 2.40 bits per heavy atom. The van der Waals surface area contributed by atoms with Gasteiger partial charge in [0.2, 0.25) is 21.7 Å². The molecule has 0 fully saturated rings. The Kier molecular flexibility index (Phi) is 4.96. The molecule has 0 radical (unpaired) electrons. The van der Waals surface area contributed by atoms with Crippen LogP contribution < -0.4 is 4.72 Å². The Morgan fingerprint density at radius 2 is 1.76 bits per heavy atom. The lowest BCUT2D eigenvalue weighted by Crippen LogP contribution is -2.27. The zero-order chi connectivity index (χ0) is 17.9. The Hall–Kier alpha value is -2.51. The lowest BCUT2D eigenvalue weighted by Gasteiger charge is -2.10. The summed E-state index contributed by atoms with van der Waals surface area (Å²) >= 11 is 0. The molecule has 130 valence electrons. The van der Waals surface area contributed by atoms with Gasteiger partial charge in [-0.05, 0) is 31.0 Å². The van der Waals surface area contributed by atoms with Crippen LogP contribution in [0.2, 0.25) is 0 Å². The maximum Gasteiger partial charge on any atom is 0.244 e. The lowest BCUT2D eigenvalue weighted by molar-refractivity contribution is 0.354. The SMILES string of the molecule is CCc1ccc(-c2noc(C(C)NS(=O)(=O)c3ccccc3)n2)cc1. The van der Waals surface area contributed by atoms with Crippen LogP contribution in [0, 0.1) is 0 Å². The molecule has 1 heterocycles. The van der Waals surface area contributed by atoms with Crippen LogP contribution in [0.15, 0.2) is 64.0 Å². The van der Waals surface area contributed by atoms with Gasteiger partial charge in [-0.1, -0.05) is 54.5 Å². The van der Waals surface area contributed by atoms with Crippen molar-refractivity contribution in [1.82, 2.24) is 14.9 Å². The van der Waals surface area contributed by atoms with E-state index in [4.69, 9.17) is 4.52 Å². The highest BCUT2D eigenvalue weighted by Gasteiger charge is 2.22. The molecule has 0 amide bonds. The zero-order valence-electron chi connectivity index (χ0n) is 14.0. The first-order valence-corrected chi connectivity index (χ1v) is 9.48. The van der Waals surface area contributed by atoms with Gasteiger partial charge in [0.05, 0.1) is 10.9 Å². The van der Waals surface area contributed by atoms with Gasteiger partial charge in [0, 0.05) is 5.56 Å². The number of hydrogen-bond donors (Lipinski definition) is 1. The van der Waals surface area contributed by atoms with Crippen molar-refractivity contribution in [3.63, 3.8) is 0 Å². The van der Waals surface area contributed by atoms with Crippen molar-refractivity contribution in [3.8, 4) is 11.4 Å². The van der Waals surface area contributed by atoms with Gasteiger partial charge in [0.1, 0.15) is 0 Å². The largest absolute Gasteiger partial charge is 0.337 e. The van der Waals surface area contributed by atoms with Crippen LogP contribution in [-0.4, -0.2) is 18.6 Å². The van der Waals surface area contributed by atoms with Crippen molar-refractivity contribution in [3.05, 3.63) is 66.1 Å². The van der Waals surface area contributed by atoms with Crippen molar-refractivity contribution in [2.24, 2.45) is 0 Å². The highest BCUT2D eigenvalue weighted by molar-refractivity contribution is 7.89. The van der Waals surface area contributed by atoms with E-state index in [-0.39, 0.29) is 10.8 Å². The summed E-state index contributed by atoms with van der Waals surface area (Å²) < 4.78 is 32.5. The van der Waals surface area contributed by atoms with Crippen LogP contribution in [0.3, 0.4) is 0 Å². The van der Waals surface area contributed by atoms with Crippen molar-refractivity contribution in [2.45, 2.75) is 31.2 Å². The molecule has 3 aromatic rings. The first kappa shape index (κ1) is 17.3. The molecule has 1 atom stereocenters. The first-order chi connectivity index (χ1) is 12.0. The number of benzene rings is 2. The third-order valence-corrected chi connectivity index (χ3v) is 5.37. The van der Waals surface area contributed by atoms with E-state index >= 15 is 0 Å². The van der Waals surface area contributed by atoms with Gasteiger partial charge in [0.15, 0.2) is 0 Å². The van der Waals surface area contributed by atoms with Crippen molar-refractivity contribution in [1.29, 1.82) is 0 Å². The number of aryl methyl sites for hydroxylation is 1. The molecule has 0 spiro atoms. The van der Waals surface area contributed by atoms with Crippen LogP contribution in [0.4, 0.5) is 0 Å². The fourth-order valence-electron chi connectivity index (χ4n) is 2.37. The minimum atomic E-state index is -3.65. The van der Waals surface area contributed by atoms with Gasteiger partial charge in [-0.25, -0.2) is 8.42 Å².